The average molecular weight is 168 g/mol. The molecule has 5 heteroatoms. The van der Waals surface area contributed by atoms with Gasteiger partial charge in [-0.1, -0.05) is 0 Å². The Labute approximate surface area is 61.3 Å². The molecule has 0 saturated heterocycles. The summed E-state index contributed by atoms with van der Waals surface area (Å²) in [6, 6.07) is 0. The van der Waals surface area contributed by atoms with E-state index < -0.39 is 18.4 Å². The SMILES string of the molecule is CC1=CC(O)(C(F)(F)F)CO1. The molecule has 2 nitrogen and oxygen atoms in total. The number of hydrogen-bond acceptors (Lipinski definition) is 2. The molecule has 0 spiro atoms. The lowest BCUT2D eigenvalue weighted by Crippen LogP contribution is -2.44. The van der Waals surface area contributed by atoms with Gasteiger partial charge in [-0.2, -0.15) is 13.2 Å². The van der Waals surface area contributed by atoms with Crippen molar-refractivity contribution >= 4 is 0 Å². The Hall–Kier alpha value is -0.710. The van der Waals surface area contributed by atoms with Crippen molar-refractivity contribution in [3.8, 4) is 0 Å². The molecule has 0 aromatic heterocycles. The minimum absolute atomic E-state index is 0.102. The first-order valence-corrected chi connectivity index (χ1v) is 2.96. The summed E-state index contributed by atoms with van der Waals surface area (Å²) in [5.74, 6) is 0.102. The molecule has 0 aliphatic carbocycles. The van der Waals surface area contributed by atoms with Gasteiger partial charge in [0.15, 0.2) is 0 Å². The van der Waals surface area contributed by atoms with Crippen molar-refractivity contribution in [2.75, 3.05) is 6.61 Å². The van der Waals surface area contributed by atoms with Crippen LogP contribution in [0.2, 0.25) is 0 Å². The molecule has 1 heterocycles. The zero-order chi connectivity index (χ0) is 8.70. The van der Waals surface area contributed by atoms with Gasteiger partial charge in [-0.3, -0.25) is 0 Å². The summed E-state index contributed by atoms with van der Waals surface area (Å²) in [6.07, 6.45) is -3.97. The van der Waals surface area contributed by atoms with Crippen LogP contribution >= 0.6 is 0 Å². The maximum atomic E-state index is 11.9. The van der Waals surface area contributed by atoms with Gasteiger partial charge in [0.25, 0.3) is 0 Å². The van der Waals surface area contributed by atoms with E-state index in [1.165, 1.54) is 6.92 Å². The monoisotopic (exact) mass is 168 g/mol. The molecule has 0 aromatic carbocycles. The van der Waals surface area contributed by atoms with Crippen LogP contribution in [0.4, 0.5) is 13.2 Å². The fourth-order valence-electron chi connectivity index (χ4n) is 0.807. The van der Waals surface area contributed by atoms with Gasteiger partial charge in [0, 0.05) is 0 Å². The predicted molar refractivity (Wildman–Crippen MR) is 30.7 cm³/mol. The highest BCUT2D eigenvalue weighted by atomic mass is 19.4. The Morgan fingerprint density at radius 3 is 2.36 bits per heavy atom. The molecule has 0 aromatic rings. The predicted octanol–water partition coefficient (Wildman–Crippen LogP) is 1.21. The van der Waals surface area contributed by atoms with Gasteiger partial charge < -0.3 is 9.84 Å². The lowest BCUT2D eigenvalue weighted by molar-refractivity contribution is -0.244. The minimum atomic E-state index is -4.65. The van der Waals surface area contributed by atoms with E-state index in [4.69, 9.17) is 5.11 Å². The van der Waals surface area contributed by atoms with Crippen LogP contribution in [0.3, 0.4) is 0 Å². The molecule has 0 radical (unpaired) electrons. The third-order valence-corrected chi connectivity index (χ3v) is 1.45. The Bertz CT molecular complexity index is 196. The van der Waals surface area contributed by atoms with Crippen LogP contribution < -0.4 is 0 Å². The highest BCUT2D eigenvalue weighted by Gasteiger charge is 2.55. The molecular weight excluding hydrogens is 161 g/mol. The number of ether oxygens (including phenoxy) is 1. The molecule has 1 unspecified atom stereocenters. The van der Waals surface area contributed by atoms with Crippen LogP contribution in [0.15, 0.2) is 11.8 Å². The summed E-state index contributed by atoms with van der Waals surface area (Å²) in [5, 5.41) is 8.87. The number of alkyl halides is 3. The molecule has 0 fully saturated rings. The standard InChI is InChI=1S/C6H7F3O2/c1-4-2-5(10,3-11-4)6(7,8)9/h2,10H,3H2,1H3. The molecular formula is C6H7F3O2. The van der Waals surface area contributed by atoms with Crippen LogP contribution in [-0.4, -0.2) is 23.5 Å². The van der Waals surface area contributed by atoms with E-state index in [-0.39, 0.29) is 5.76 Å². The van der Waals surface area contributed by atoms with Gasteiger partial charge in [0.1, 0.15) is 6.61 Å². The normalized spacial score (nSPS) is 31.5. The topological polar surface area (TPSA) is 29.5 Å². The van der Waals surface area contributed by atoms with Crippen molar-refractivity contribution in [2.24, 2.45) is 0 Å². The number of allylic oxidation sites excluding steroid dienone is 1. The second kappa shape index (κ2) is 2.14. The van der Waals surface area contributed by atoms with E-state index in [2.05, 4.69) is 4.74 Å². The Balaban J connectivity index is 2.86. The number of halogens is 3. The zero-order valence-corrected chi connectivity index (χ0v) is 5.77. The van der Waals surface area contributed by atoms with Gasteiger partial charge in [0.05, 0.1) is 5.76 Å². The molecule has 0 saturated carbocycles. The van der Waals surface area contributed by atoms with E-state index in [9.17, 15) is 13.2 Å². The Kier molecular flexibility index (Phi) is 1.63. The van der Waals surface area contributed by atoms with E-state index in [1.54, 1.807) is 0 Å². The van der Waals surface area contributed by atoms with Gasteiger partial charge in [0.2, 0.25) is 5.60 Å². The number of hydrogen-bond donors (Lipinski definition) is 1. The van der Waals surface area contributed by atoms with Crippen LogP contribution in [-0.2, 0) is 4.74 Å². The number of rotatable bonds is 0. The Morgan fingerprint density at radius 1 is 1.64 bits per heavy atom. The van der Waals surface area contributed by atoms with Crippen molar-refractivity contribution < 1.29 is 23.0 Å². The van der Waals surface area contributed by atoms with E-state index >= 15 is 0 Å². The molecule has 0 bridgehead atoms. The van der Waals surface area contributed by atoms with E-state index in [1.807, 2.05) is 0 Å². The minimum Gasteiger partial charge on any atom is -0.495 e. The van der Waals surface area contributed by atoms with Crippen molar-refractivity contribution in [3.05, 3.63) is 11.8 Å². The number of aliphatic hydroxyl groups is 1. The maximum absolute atomic E-state index is 11.9. The molecule has 64 valence electrons. The van der Waals surface area contributed by atoms with Crippen molar-refractivity contribution in [1.82, 2.24) is 0 Å². The van der Waals surface area contributed by atoms with Crippen molar-refractivity contribution in [1.29, 1.82) is 0 Å². The summed E-state index contributed by atoms with van der Waals surface area (Å²) >= 11 is 0. The van der Waals surface area contributed by atoms with Crippen LogP contribution in [0.1, 0.15) is 6.92 Å². The summed E-state index contributed by atoms with van der Waals surface area (Å²) in [7, 11) is 0. The summed E-state index contributed by atoms with van der Waals surface area (Å²) < 4.78 is 40.3. The second-order valence-electron chi connectivity index (χ2n) is 2.47. The zero-order valence-electron chi connectivity index (χ0n) is 5.77. The Morgan fingerprint density at radius 2 is 2.18 bits per heavy atom. The van der Waals surface area contributed by atoms with Crippen LogP contribution in [0.25, 0.3) is 0 Å². The second-order valence-corrected chi connectivity index (χ2v) is 2.47. The van der Waals surface area contributed by atoms with Gasteiger partial charge in [-0.05, 0) is 13.0 Å². The third-order valence-electron chi connectivity index (χ3n) is 1.45. The average Bonchev–Trinajstić information content (AvgIpc) is 2.10. The first-order chi connectivity index (χ1) is 4.85. The summed E-state index contributed by atoms with van der Waals surface area (Å²) in [5.41, 5.74) is -2.78. The molecule has 11 heavy (non-hydrogen) atoms. The first-order valence-electron chi connectivity index (χ1n) is 2.96. The van der Waals surface area contributed by atoms with Crippen LogP contribution in [0, 0.1) is 0 Å². The molecule has 1 atom stereocenters. The quantitative estimate of drug-likeness (QED) is 0.589. The van der Waals surface area contributed by atoms with E-state index in [0.717, 1.165) is 0 Å². The first kappa shape index (κ1) is 8.39. The fraction of sp³-hybridized carbons (Fsp3) is 0.667. The van der Waals surface area contributed by atoms with Gasteiger partial charge in [-0.15, -0.1) is 0 Å². The molecule has 1 aliphatic rings. The molecule has 0 amide bonds. The van der Waals surface area contributed by atoms with E-state index in [0.29, 0.717) is 6.08 Å². The summed E-state index contributed by atoms with van der Waals surface area (Å²) in [6.45, 7) is 0.631. The smallest absolute Gasteiger partial charge is 0.424 e. The molecule has 1 rings (SSSR count). The highest BCUT2D eigenvalue weighted by Crippen LogP contribution is 2.36. The molecule has 1 aliphatic heterocycles. The molecule has 1 N–H and O–H groups in total. The largest absolute Gasteiger partial charge is 0.495 e. The lowest BCUT2D eigenvalue weighted by atomic mass is 10.1. The van der Waals surface area contributed by atoms with Crippen molar-refractivity contribution in [2.45, 2.75) is 18.7 Å². The highest BCUT2D eigenvalue weighted by molar-refractivity contribution is 5.13. The van der Waals surface area contributed by atoms with Gasteiger partial charge >= 0.3 is 6.18 Å². The van der Waals surface area contributed by atoms with Crippen LogP contribution in [0.5, 0.6) is 0 Å². The summed E-state index contributed by atoms with van der Waals surface area (Å²) in [4.78, 5) is 0. The fourth-order valence-corrected chi connectivity index (χ4v) is 0.807. The van der Waals surface area contributed by atoms with Gasteiger partial charge in [-0.25, -0.2) is 0 Å². The lowest BCUT2D eigenvalue weighted by Gasteiger charge is -2.21. The third kappa shape index (κ3) is 1.33. The van der Waals surface area contributed by atoms with Crippen molar-refractivity contribution in [3.63, 3.8) is 0 Å². The maximum Gasteiger partial charge on any atom is 0.424 e.